The number of rotatable bonds is 6. The van der Waals surface area contributed by atoms with Crippen LogP contribution in [0.25, 0.3) is 0 Å². The van der Waals surface area contributed by atoms with Crippen LogP contribution in [-0.2, 0) is 6.54 Å². The number of hydrogen-bond acceptors (Lipinski definition) is 8. The molecule has 3 aromatic rings. The molecule has 0 spiro atoms. The lowest BCUT2D eigenvalue weighted by Gasteiger charge is -2.34. The molecule has 1 saturated heterocycles. The summed E-state index contributed by atoms with van der Waals surface area (Å²) in [6, 6.07) is 8.11. The maximum absolute atomic E-state index is 5.46. The molecule has 0 aromatic carbocycles. The number of aromatic nitrogens is 5. The van der Waals surface area contributed by atoms with Crippen molar-refractivity contribution >= 4 is 40.9 Å². The van der Waals surface area contributed by atoms with E-state index in [1.165, 1.54) is 18.2 Å². The van der Waals surface area contributed by atoms with E-state index in [1.807, 2.05) is 18.2 Å². The number of nitrogens with one attached hydrogen (secondary N) is 2. The van der Waals surface area contributed by atoms with Crippen molar-refractivity contribution in [3.8, 4) is 0 Å². The van der Waals surface area contributed by atoms with Gasteiger partial charge in [0.05, 0.1) is 0 Å². The first-order chi connectivity index (χ1) is 15.2. The minimum atomic E-state index is 0.429. The van der Waals surface area contributed by atoms with E-state index < -0.39 is 0 Å². The molecule has 160 valence electrons. The van der Waals surface area contributed by atoms with Gasteiger partial charge < -0.3 is 15.5 Å². The molecule has 0 bridgehead atoms. The van der Waals surface area contributed by atoms with Crippen LogP contribution in [-0.4, -0.2) is 42.6 Å². The number of nitrogens with zero attached hydrogens (tertiary/aromatic N) is 6. The Morgan fingerprint density at radius 3 is 2.84 bits per heavy atom. The lowest BCUT2D eigenvalue weighted by atomic mass is 10.0. The second-order valence-corrected chi connectivity index (χ2v) is 8.62. The molecular weight excluding hydrogens is 428 g/mol. The first kappa shape index (κ1) is 21.4. The van der Waals surface area contributed by atoms with E-state index in [9.17, 15) is 0 Å². The molecule has 0 amide bonds. The Morgan fingerprint density at radius 1 is 1.19 bits per heavy atom. The maximum Gasteiger partial charge on any atom is 0.232 e. The molecule has 1 aliphatic rings. The number of thiocarbonyl (C=S) groups is 1. The van der Waals surface area contributed by atoms with E-state index in [-0.39, 0.29) is 0 Å². The van der Waals surface area contributed by atoms with E-state index in [4.69, 9.17) is 17.2 Å². The van der Waals surface area contributed by atoms with Gasteiger partial charge in [0.15, 0.2) is 10.3 Å². The average Bonchev–Trinajstić information content (AvgIpc) is 2.79. The fourth-order valence-electron chi connectivity index (χ4n) is 3.37. The summed E-state index contributed by atoms with van der Waals surface area (Å²) in [7, 11) is 0. The van der Waals surface area contributed by atoms with Gasteiger partial charge >= 0.3 is 0 Å². The largest absolute Gasteiger partial charge is 0.358 e. The molecule has 4 rings (SSSR count). The molecule has 3 aromatic heterocycles. The van der Waals surface area contributed by atoms with Gasteiger partial charge in [-0.3, -0.25) is 4.98 Å². The summed E-state index contributed by atoms with van der Waals surface area (Å²) in [6.07, 6.45) is 10.6. The van der Waals surface area contributed by atoms with Crippen molar-refractivity contribution in [1.82, 2.24) is 30.2 Å². The van der Waals surface area contributed by atoms with E-state index in [0.717, 1.165) is 35.8 Å². The summed E-state index contributed by atoms with van der Waals surface area (Å²) in [5, 5.41) is 8.18. The smallest absolute Gasteiger partial charge is 0.232 e. The minimum Gasteiger partial charge on any atom is -0.358 e. The maximum atomic E-state index is 5.46. The van der Waals surface area contributed by atoms with Crippen LogP contribution < -0.4 is 15.5 Å². The van der Waals surface area contributed by atoms with E-state index in [2.05, 4.69) is 42.4 Å². The molecule has 1 aliphatic heterocycles. The summed E-state index contributed by atoms with van der Waals surface area (Å²) in [6.45, 7) is 3.79. The minimum absolute atomic E-state index is 0.429. The zero-order valence-electron chi connectivity index (χ0n) is 17.2. The van der Waals surface area contributed by atoms with E-state index >= 15 is 0 Å². The normalized spacial score (nSPS) is 16.0. The molecule has 0 aliphatic carbocycles. The Bertz CT molecular complexity index is 1000. The Balaban J connectivity index is 1.52. The Morgan fingerprint density at radius 2 is 2.06 bits per heavy atom. The molecule has 2 N–H and O–H groups in total. The molecule has 0 radical (unpaired) electrons. The molecule has 1 atom stereocenters. The summed E-state index contributed by atoms with van der Waals surface area (Å²) >= 11 is 6.87. The van der Waals surface area contributed by atoms with Gasteiger partial charge in [-0.15, -0.1) is 0 Å². The highest BCUT2D eigenvalue weighted by molar-refractivity contribution is 7.99. The van der Waals surface area contributed by atoms with Crippen molar-refractivity contribution < 1.29 is 0 Å². The zero-order chi connectivity index (χ0) is 21.5. The van der Waals surface area contributed by atoms with Crippen molar-refractivity contribution in [2.24, 2.45) is 0 Å². The third-order valence-corrected chi connectivity index (χ3v) is 5.98. The predicted octanol–water partition coefficient (Wildman–Crippen LogP) is 3.68. The SMILES string of the molecule is C[C@@H]1CCCCN1c1cc(Sc2ncccn2)nc(NC(=S)NCc2cccnc2)n1. The second kappa shape index (κ2) is 10.5. The summed E-state index contributed by atoms with van der Waals surface area (Å²) in [5.41, 5.74) is 1.04. The highest BCUT2D eigenvalue weighted by Crippen LogP contribution is 2.29. The van der Waals surface area contributed by atoms with Crippen LogP contribution in [0.1, 0.15) is 31.7 Å². The highest BCUT2D eigenvalue weighted by atomic mass is 32.2. The zero-order valence-corrected chi connectivity index (χ0v) is 18.9. The first-order valence-electron chi connectivity index (χ1n) is 10.2. The van der Waals surface area contributed by atoms with Gasteiger partial charge in [-0.2, -0.15) is 4.98 Å². The molecule has 4 heterocycles. The van der Waals surface area contributed by atoms with Crippen LogP contribution in [0.5, 0.6) is 0 Å². The van der Waals surface area contributed by atoms with Gasteiger partial charge in [0.1, 0.15) is 10.8 Å². The average molecular weight is 453 g/mol. The highest BCUT2D eigenvalue weighted by Gasteiger charge is 2.21. The van der Waals surface area contributed by atoms with Gasteiger partial charge in [0.2, 0.25) is 5.95 Å². The van der Waals surface area contributed by atoms with Crippen molar-refractivity contribution in [2.45, 2.75) is 49.0 Å². The van der Waals surface area contributed by atoms with Gasteiger partial charge in [-0.25, -0.2) is 15.0 Å². The van der Waals surface area contributed by atoms with Crippen molar-refractivity contribution in [1.29, 1.82) is 0 Å². The number of hydrogen-bond donors (Lipinski definition) is 2. The van der Waals surface area contributed by atoms with Crippen molar-refractivity contribution in [2.75, 3.05) is 16.8 Å². The molecule has 0 unspecified atom stereocenters. The number of anilines is 2. The first-order valence-corrected chi connectivity index (χ1v) is 11.4. The lowest BCUT2D eigenvalue weighted by Crippen LogP contribution is -2.38. The number of pyridine rings is 1. The van der Waals surface area contributed by atoms with Gasteiger partial charge in [-0.05, 0) is 67.9 Å². The van der Waals surface area contributed by atoms with Crippen LogP contribution in [0.15, 0.2) is 59.2 Å². The van der Waals surface area contributed by atoms with Crippen LogP contribution in [0, 0.1) is 0 Å². The summed E-state index contributed by atoms with van der Waals surface area (Å²) < 4.78 is 0. The monoisotopic (exact) mass is 452 g/mol. The van der Waals surface area contributed by atoms with E-state index in [0.29, 0.717) is 28.8 Å². The lowest BCUT2D eigenvalue weighted by molar-refractivity contribution is 0.480. The molecule has 0 saturated carbocycles. The van der Waals surface area contributed by atoms with Gasteiger partial charge in [-0.1, -0.05) is 6.07 Å². The van der Waals surface area contributed by atoms with Crippen LogP contribution in [0.3, 0.4) is 0 Å². The van der Waals surface area contributed by atoms with E-state index in [1.54, 1.807) is 30.9 Å². The Hall–Kier alpha value is -2.85. The quantitative estimate of drug-likeness (QED) is 0.328. The molecular formula is C21H24N8S2. The van der Waals surface area contributed by atoms with Crippen molar-refractivity contribution in [3.05, 3.63) is 54.6 Å². The standard InChI is InChI=1S/C21H24N8S2/c1-15-6-2-3-11-29(15)17-12-18(31-21-23-9-5-10-24-21)27-19(26-17)28-20(30)25-14-16-7-4-8-22-13-16/h4-5,7-10,12-13,15H,2-3,6,11,14H2,1H3,(H2,25,26,27,28,30)/t15-/m1/s1. The summed E-state index contributed by atoms with van der Waals surface area (Å²) in [4.78, 5) is 24.4. The predicted molar refractivity (Wildman–Crippen MR) is 126 cm³/mol. The Labute approximate surface area is 191 Å². The molecule has 10 heteroatoms. The van der Waals surface area contributed by atoms with Gasteiger partial charge in [0, 0.05) is 50.0 Å². The van der Waals surface area contributed by atoms with Crippen LogP contribution >= 0.6 is 24.0 Å². The van der Waals surface area contributed by atoms with Crippen LogP contribution in [0.4, 0.5) is 11.8 Å². The molecule has 8 nitrogen and oxygen atoms in total. The fraction of sp³-hybridized carbons (Fsp3) is 0.333. The topological polar surface area (TPSA) is 91.8 Å². The Kier molecular flexibility index (Phi) is 7.21. The second-order valence-electron chi connectivity index (χ2n) is 7.23. The van der Waals surface area contributed by atoms with Crippen molar-refractivity contribution in [3.63, 3.8) is 0 Å². The molecule has 31 heavy (non-hydrogen) atoms. The summed E-state index contributed by atoms with van der Waals surface area (Å²) in [5.74, 6) is 1.34. The molecule has 1 fully saturated rings. The van der Waals surface area contributed by atoms with Crippen LogP contribution in [0.2, 0.25) is 0 Å². The number of piperidine rings is 1. The third-order valence-electron chi connectivity index (χ3n) is 4.93. The van der Waals surface area contributed by atoms with Gasteiger partial charge in [0.25, 0.3) is 0 Å². The fourth-order valence-corrected chi connectivity index (χ4v) is 4.24. The third kappa shape index (κ3) is 6.08.